The van der Waals surface area contributed by atoms with E-state index in [0.29, 0.717) is 5.69 Å². The standard InChI is InChI=1S/C31H43N3O4/c1-11-18-34(29(36)25(19(2)3)33-30(37)38-31(8,9)10)27(24-20(4)14-12-15-21(24)5)28(35)32-26-22(6)16-13-17-23(26)7/h11-17,19,25,27H,1,18H2,2-10H3,(H,32,35)(H,33,37). The van der Waals surface area contributed by atoms with Crippen LogP contribution in [-0.4, -0.2) is 41.0 Å². The van der Waals surface area contributed by atoms with Crippen molar-refractivity contribution in [2.24, 2.45) is 5.92 Å². The molecule has 2 atom stereocenters. The average Bonchev–Trinajstić information content (AvgIpc) is 2.79. The van der Waals surface area contributed by atoms with Gasteiger partial charge < -0.3 is 20.3 Å². The van der Waals surface area contributed by atoms with Crippen molar-refractivity contribution in [1.29, 1.82) is 0 Å². The summed E-state index contributed by atoms with van der Waals surface area (Å²) < 4.78 is 5.42. The Morgan fingerprint density at radius 2 is 1.45 bits per heavy atom. The van der Waals surface area contributed by atoms with Gasteiger partial charge in [0.25, 0.3) is 5.91 Å². The summed E-state index contributed by atoms with van der Waals surface area (Å²) in [4.78, 5) is 42.4. The summed E-state index contributed by atoms with van der Waals surface area (Å²) in [5, 5.41) is 5.82. The number of aryl methyl sites for hydroxylation is 4. The molecule has 0 aromatic heterocycles. The first-order valence-electron chi connectivity index (χ1n) is 13.0. The van der Waals surface area contributed by atoms with Crippen LogP contribution in [0.2, 0.25) is 0 Å². The molecular weight excluding hydrogens is 478 g/mol. The van der Waals surface area contributed by atoms with Gasteiger partial charge in [-0.25, -0.2) is 4.79 Å². The maximum absolute atomic E-state index is 14.1. The van der Waals surface area contributed by atoms with E-state index < -0.39 is 29.7 Å². The number of nitrogens with one attached hydrogen (secondary N) is 2. The van der Waals surface area contributed by atoms with Crippen molar-refractivity contribution in [2.75, 3.05) is 11.9 Å². The van der Waals surface area contributed by atoms with Gasteiger partial charge in [-0.2, -0.15) is 0 Å². The Hall–Kier alpha value is -3.61. The third-order valence-corrected chi connectivity index (χ3v) is 6.32. The summed E-state index contributed by atoms with van der Waals surface area (Å²) in [7, 11) is 0. The molecule has 2 aromatic rings. The highest BCUT2D eigenvalue weighted by Crippen LogP contribution is 2.31. The number of amides is 3. The third-order valence-electron chi connectivity index (χ3n) is 6.32. The molecule has 0 fully saturated rings. The molecule has 3 amide bonds. The number of alkyl carbamates (subject to hydrolysis) is 1. The molecule has 206 valence electrons. The van der Waals surface area contributed by atoms with Gasteiger partial charge in [-0.15, -0.1) is 6.58 Å². The van der Waals surface area contributed by atoms with E-state index in [4.69, 9.17) is 4.74 Å². The predicted molar refractivity (Wildman–Crippen MR) is 153 cm³/mol. The molecule has 7 nitrogen and oxygen atoms in total. The largest absolute Gasteiger partial charge is 0.444 e. The Morgan fingerprint density at radius 1 is 0.947 bits per heavy atom. The molecule has 38 heavy (non-hydrogen) atoms. The molecule has 0 radical (unpaired) electrons. The summed E-state index contributed by atoms with van der Waals surface area (Å²) in [5.41, 5.74) is 4.35. The SMILES string of the molecule is C=CCN(C(=O)C(NC(=O)OC(C)(C)C)C(C)C)C(C(=O)Nc1c(C)cccc1C)c1c(C)cccc1C. The summed E-state index contributed by atoms with van der Waals surface area (Å²) in [6.07, 6.45) is 0.905. The van der Waals surface area contributed by atoms with Gasteiger partial charge in [-0.05, 0) is 82.2 Å². The van der Waals surface area contributed by atoms with Gasteiger partial charge in [-0.1, -0.05) is 56.3 Å². The van der Waals surface area contributed by atoms with Crippen molar-refractivity contribution in [2.45, 2.75) is 80.0 Å². The molecule has 0 aliphatic heterocycles. The zero-order valence-corrected chi connectivity index (χ0v) is 24.3. The molecule has 0 aliphatic rings. The molecular formula is C31H43N3O4. The number of carbonyl (C=O) groups is 3. The lowest BCUT2D eigenvalue weighted by Crippen LogP contribution is -2.54. The van der Waals surface area contributed by atoms with Gasteiger partial charge in [-0.3, -0.25) is 9.59 Å². The van der Waals surface area contributed by atoms with Crippen LogP contribution in [-0.2, 0) is 14.3 Å². The smallest absolute Gasteiger partial charge is 0.408 e. The van der Waals surface area contributed by atoms with Crippen LogP contribution in [0.5, 0.6) is 0 Å². The highest BCUT2D eigenvalue weighted by Gasteiger charge is 2.38. The lowest BCUT2D eigenvalue weighted by atomic mass is 9.92. The molecule has 0 saturated heterocycles. The highest BCUT2D eigenvalue weighted by molar-refractivity contribution is 6.00. The molecule has 0 heterocycles. The van der Waals surface area contributed by atoms with E-state index >= 15 is 0 Å². The van der Waals surface area contributed by atoms with Crippen LogP contribution in [0.1, 0.15) is 68.5 Å². The fourth-order valence-corrected chi connectivity index (χ4v) is 4.48. The number of para-hydroxylation sites is 1. The molecule has 0 saturated carbocycles. The fourth-order valence-electron chi connectivity index (χ4n) is 4.48. The Kier molecular flexibility index (Phi) is 10.3. The zero-order chi connectivity index (χ0) is 28.8. The molecule has 2 rings (SSSR count). The second kappa shape index (κ2) is 12.8. The number of benzene rings is 2. The Balaban J connectivity index is 2.62. The van der Waals surface area contributed by atoms with Gasteiger partial charge >= 0.3 is 6.09 Å². The lowest BCUT2D eigenvalue weighted by Gasteiger charge is -2.36. The maximum atomic E-state index is 14.1. The zero-order valence-electron chi connectivity index (χ0n) is 24.3. The van der Waals surface area contributed by atoms with Gasteiger partial charge in [0.2, 0.25) is 5.91 Å². The first kappa shape index (κ1) is 30.6. The van der Waals surface area contributed by atoms with Crippen LogP contribution < -0.4 is 10.6 Å². The molecule has 7 heteroatoms. The van der Waals surface area contributed by atoms with Crippen LogP contribution in [0.15, 0.2) is 49.1 Å². The van der Waals surface area contributed by atoms with Gasteiger partial charge in [0.15, 0.2) is 0 Å². The third kappa shape index (κ3) is 7.70. The maximum Gasteiger partial charge on any atom is 0.408 e. The van der Waals surface area contributed by atoms with Crippen LogP contribution in [0.4, 0.5) is 10.5 Å². The van der Waals surface area contributed by atoms with Crippen LogP contribution in [0.3, 0.4) is 0 Å². The second-order valence-corrected chi connectivity index (χ2v) is 11.1. The molecule has 2 unspecified atom stereocenters. The summed E-state index contributed by atoms with van der Waals surface area (Å²) >= 11 is 0. The van der Waals surface area contributed by atoms with Crippen molar-refractivity contribution in [3.8, 4) is 0 Å². The van der Waals surface area contributed by atoms with Crippen LogP contribution in [0.25, 0.3) is 0 Å². The van der Waals surface area contributed by atoms with E-state index in [9.17, 15) is 14.4 Å². The molecule has 2 N–H and O–H groups in total. The lowest BCUT2D eigenvalue weighted by molar-refractivity contribution is -0.141. The van der Waals surface area contributed by atoms with Gasteiger partial charge in [0.05, 0.1) is 0 Å². The van der Waals surface area contributed by atoms with Crippen molar-refractivity contribution in [3.05, 3.63) is 76.9 Å². The Bertz CT molecular complexity index is 1140. The topological polar surface area (TPSA) is 87.7 Å². The summed E-state index contributed by atoms with van der Waals surface area (Å²) in [6.45, 7) is 20.7. The molecule has 0 aliphatic carbocycles. The molecule has 0 bridgehead atoms. The van der Waals surface area contributed by atoms with Crippen LogP contribution in [0, 0.1) is 33.6 Å². The van der Waals surface area contributed by atoms with E-state index in [1.807, 2.05) is 77.9 Å². The van der Waals surface area contributed by atoms with Crippen molar-refractivity contribution >= 4 is 23.6 Å². The quantitative estimate of drug-likeness (QED) is 0.387. The number of hydrogen-bond donors (Lipinski definition) is 2. The first-order chi connectivity index (χ1) is 17.7. The number of carbonyl (C=O) groups excluding carboxylic acids is 3. The minimum Gasteiger partial charge on any atom is -0.444 e. The first-order valence-corrected chi connectivity index (χ1v) is 13.0. The highest BCUT2D eigenvalue weighted by atomic mass is 16.6. The molecule has 0 spiro atoms. The normalized spacial score (nSPS) is 12.9. The van der Waals surface area contributed by atoms with Gasteiger partial charge in [0, 0.05) is 12.2 Å². The van der Waals surface area contributed by atoms with E-state index in [1.54, 1.807) is 26.8 Å². The van der Waals surface area contributed by atoms with E-state index in [1.165, 1.54) is 4.90 Å². The predicted octanol–water partition coefficient (Wildman–Crippen LogP) is 6.16. The minimum atomic E-state index is -0.956. The van der Waals surface area contributed by atoms with Crippen molar-refractivity contribution < 1.29 is 19.1 Å². The van der Waals surface area contributed by atoms with E-state index in [-0.39, 0.29) is 18.4 Å². The van der Waals surface area contributed by atoms with E-state index in [2.05, 4.69) is 17.2 Å². The molecule has 2 aromatic carbocycles. The Morgan fingerprint density at radius 3 is 1.89 bits per heavy atom. The van der Waals surface area contributed by atoms with E-state index in [0.717, 1.165) is 27.8 Å². The fraction of sp³-hybridized carbons (Fsp3) is 0.452. The monoisotopic (exact) mass is 521 g/mol. The average molecular weight is 522 g/mol. The number of anilines is 1. The van der Waals surface area contributed by atoms with Crippen LogP contribution >= 0.6 is 0 Å². The number of hydrogen-bond acceptors (Lipinski definition) is 4. The Labute approximate surface area is 227 Å². The number of rotatable bonds is 9. The summed E-state index contributed by atoms with van der Waals surface area (Å²) in [6, 6.07) is 9.72. The van der Waals surface area contributed by atoms with Crippen molar-refractivity contribution in [1.82, 2.24) is 10.2 Å². The number of nitrogens with zero attached hydrogens (tertiary/aromatic N) is 1. The second-order valence-electron chi connectivity index (χ2n) is 11.1. The van der Waals surface area contributed by atoms with Gasteiger partial charge in [0.1, 0.15) is 17.7 Å². The van der Waals surface area contributed by atoms with Crippen molar-refractivity contribution in [3.63, 3.8) is 0 Å². The number of ether oxygens (including phenoxy) is 1. The summed E-state index contributed by atoms with van der Waals surface area (Å²) in [5.74, 6) is -0.993. The minimum absolute atomic E-state index is 0.108.